The van der Waals surface area contributed by atoms with Crippen LogP contribution in [0.5, 0.6) is 0 Å². The van der Waals surface area contributed by atoms with Crippen molar-refractivity contribution in [1.82, 2.24) is 25.2 Å². The van der Waals surface area contributed by atoms with Crippen molar-refractivity contribution >= 4 is 23.0 Å². The van der Waals surface area contributed by atoms with Crippen LogP contribution in [0.2, 0.25) is 0 Å². The maximum Gasteiger partial charge on any atom is 0.272 e. The molecule has 2 aliphatic rings. The van der Waals surface area contributed by atoms with Gasteiger partial charge in [-0.25, -0.2) is 9.97 Å². The molecule has 9 heteroatoms. The zero-order valence-electron chi connectivity index (χ0n) is 14.2. The largest absolute Gasteiger partial charge is 0.365 e. The number of aromatic amines is 1. The van der Waals surface area contributed by atoms with Gasteiger partial charge in [-0.2, -0.15) is 5.26 Å². The molecular weight excluding hydrogens is 336 g/mol. The summed E-state index contributed by atoms with van der Waals surface area (Å²) in [4.78, 5) is 37.6. The molecule has 2 aromatic rings. The van der Waals surface area contributed by atoms with E-state index in [4.69, 9.17) is 5.26 Å². The van der Waals surface area contributed by atoms with Crippen LogP contribution in [0.25, 0.3) is 11.2 Å². The molecule has 2 amide bonds. The topological polar surface area (TPSA) is 135 Å². The molecule has 26 heavy (non-hydrogen) atoms. The lowest BCUT2D eigenvalue weighted by Gasteiger charge is -2.43. The molecule has 2 aromatic heterocycles. The quantitative estimate of drug-likeness (QED) is 0.674. The normalized spacial score (nSPS) is 19.5. The molecule has 1 saturated heterocycles. The highest BCUT2D eigenvalue weighted by Crippen LogP contribution is 2.39. The zero-order chi connectivity index (χ0) is 18.5. The van der Waals surface area contributed by atoms with Crippen LogP contribution in [0, 0.1) is 16.7 Å². The number of nitriles is 1. The number of carbonyl (C=O) groups excluding carboxylic acids is 2. The molecule has 1 saturated carbocycles. The Bertz CT molecular complexity index is 936. The van der Waals surface area contributed by atoms with E-state index in [9.17, 15) is 14.7 Å². The first-order valence-corrected chi connectivity index (χ1v) is 8.43. The van der Waals surface area contributed by atoms with Crippen molar-refractivity contribution in [3.63, 3.8) is 0 Å². The molecule has 134 valence electrons. The summed E-state index contributed by atoms with van der Waals surface area (Å²) in [7, 11) is 0. The molecule has 3 N–H and O–H groups in total. The van der Waals surface area contributed by atoms with Gasteiger partial charge in [-0.15, -0.1) is 0 Å². The first-order chi connectivity index (χ1) is 12.4. The van der Waals surface area contributed by atoms with Gasteiger partial charge in [0.1, 0.15) is 5.52 Å². The fourth-order valence-electron chi connectivity index (χ4n) is 3.11. The smallest absolute Gasteiger partial charge is 0.272 e. The van der Waals surface area contributed by atoms with Crippen LogP contribution in [0.15, 0.2) is 12.4 Å². The van der Waals surface area contributed by atoms with Crippen LogP contribution in [-0.2, 0) is 4.79 Å². The molecule has 3 heterocycles. The van der Waals surface area contributed by atoms with E-state index in [-0.39, 0.29) is 18.7 Å². The van der Waals surface area contributed by atoms with E-state index < -0.39 is 23.5 Å². The Labute approximate surface area is 149 Å². The molecule has 1 aliphatic heterocycles. The molecule has 0 bridgehead atoms. The predicted octanol–water partition coefficient (Wildman–Crippen LogP) is 0.256. The molecule has 0 aromatic carbocycles. The van der Waals surface area contributed by atoms with Crippen molar-refractivity contribution in [2.75, 3.05) is 13.1 Å². The van der Waals surface area contributed by atoms with Gasteiger partial charge in [0.15, 0.2) is 5.65 Å². The van der Waals surface area contributed by atoms with Crippen LogP contribution in [0.4, 0.5) is 0 Å². The highest BCUT2D eigenvalue weighted by atomic mass is 16.3. The number of carbonyl (C=O) groups is 2. The van der Waals surface area contributed by atoms with Gasteiger partial charge in [0.2, 0.25) is 6.23 Å². The first-order valence-electron chi connectivity index (χ1n) is 8.43. The number of H-pyrrole nitrogens is 1. The van der Waals surface area contributed by atoms with Gasteiger partial charge >= 0.3 is 0 Å². The number of nitrogens with zero attached hydrogens (tertiary/aromatic N) is 4. The molecule has 2 fully saturated rings. The van der Waals surface area contributed by atoms with Gasteiger partial charge in [0.25, 0.3) is 11.8 Å². The van der Waals surface area contributed by atoms with Gasteiger partial charge in [0.05, 0.1) is 28.9 Å². The second-order valence-electron chi connectivity index (χ2n) is 7.21. The number of nitrogens with one attached hydrogen (secondary N) is 2. The second kappa shape index (κ2) is 5.78. The minimum atomic E-state index is -1.67. The number of likely N-dealkylation sites (tertiary alicyclic amines) is 1. The number of aliphatic hydroxyl groups is 1. The molecular formula is C17H18N6O3. The van der Waals surface area contributed by atoms with Crippen molar-refractivity contribution in [2.24, 2.45) is 5.41 Å². The van der Waals surface area contributed by atoms with Crippen molar-refractivity contribution < 1.29 is 14.7 Å². The Morgan fingerprint density at radius 2 is 2.23 bits per heavy atom. The predicted molar refractivity (Wildman–Crippen MR) is 89.6 cm³/mol. The summed E-state index contributed by atoms with van der Waals surface area (Å²) in [6.45, 7) is 2.21. The number of hydrogen-bond acceptors (Lipinski definition) is 6. The number of aromatic nitrogens is 3. The lowest BCUT2D eigenvalue weighted by molar-refractivity contribution is -0.150. The fourth-order valence-corrected chi connectivity index (χ4v) is 3.11. The Hall–Kier alpha value is -2.99. The number of hydrogen-bond donors (Lipinski definition) is 3. The maximum absolute atomic E-state index is 12.5. The minimum Gasteiger partial charge on any atom is -0.365 e. The molecule has 1 atom stereocenters. The zero-order valence-corrected chi connectivity index (χ0v) is 14.2. The summed E-state index contributed by atoms with van der Waals surface area (Å²) in [5.74, 6) is -0.843. The monoisotopic (exact) mass is 354 g/mol. The van der Waals surface area contributed by atoms with Crippen LogP contribution >= 0.6 is 0 Å². The van der Waals surface area contributed by atoms with Gasteiger partial charge in [0, 0.05) is 25.2 Å². The van der Waals surface area contributed by atoms with E-state index in [0.29, 0.717) is 17.1 Å². The second-order valence-corrected chi connectivity index (χ2v) is 7.21. The van der Waals surface area contributed by atoms with Crippen LogP contribution in [0.1, 0.15) is 41.7 Å². The van der Waals surface area contributed by atoms with Crippen LogP contribution in [0.3, 0.4) is 0 Å². The van der Waals surface area contributed by atoms with Crippen LogP contribution < -0.4 is 5.32 Å². The highest BCUT2D eigenvalue weighted by Gasteiger charge is 2.43. The molecule has 4 rings (SSSR count). The van der Waals surface area contributed by atoms with Crippen molar-refractivity contribution in [3.05, 3.63) is 23.7 Å². The molecule has 0 spiro atoms. The molecule has 0 unspecified atom stereocenters. The summed E-state index contributed by atoms with van der Waals surface area (Å²) in [5, 5.41) is 21.3. The van der Waals surface area contributed by atoms with E-state index in [2.05, 4.69) is 26.3 Å². The average Bonchev–Trinajstić information content (AvgIpc) is 3.37. The standard InChI is InChI=1S/C17H18N6O3/c1-17(6-18)7-23(8-17)16(26)15(25)22-14(24)10-4-19-13-12(10)21-11(5-20-13)9-2-3-9/h4-5,9,15,25H,2-3,7-8H2,1H3,(H,19,20)(H,22,24)/t15-/m1/s1. The van der Waals surface area contributed by atoms with Crippen LogP contribution in [-0.4, -0.2) is 56.1 Å². The van der Waals surface area contributed by atoms with Crippen molar-refractivity contribution in [3.8, 4) is 6.07 Å². The summed E-state index contributed by atoms with van der Waals surface area (Å²) in [5.41, 5.74) is 1.39. The van der Waals surface area contributed by atoms with Gasteiger partial charge < -0.3 is 20.3 Å². The number of fused-ring (bicyclic) bond motifs is 1. The molecule has 1 aliphatic carbocycles. The van der Waals surface area contributed by atoms with Crippen molar-refractivity contribution in [1.29, 1.82) is 5.26 Å². The fraction of sp³-hybridized carbons (Fsp3) is 0.471. The Kier molecular flexibility index (Phi) is 3.66. The lowest BCUT2D eigenvalue weighted by Crippen LogP contribution is -2.61. The minimum absolute atomic E-state index is 0.229. The third-order valence-corrected chi connectivity index (χ3v) is 4.80. The number of rotatable bonds is 4. The lowest BCUT2D eigenvalue weighted by atomic mass is 9.83. The molecule has 9 nitrogen and oxygen atoms in total. The molecule has 0 radical (unpaired) electrons. The SMILES string of the molecule is CC1(C#N)CN(C(=O)[C@@H](O)NC(=O)c2c[nH]c3ncc(C4CC4)nc23)C1. The highest BCUT2D eigenvalue weighted by molar-refractivity contribution is 6.05. The van der Waals surface area contributed by atoms with Gasteiger partial charge in [-0.3, -0.25) is 9.59 Å². The Balaban J connectivity index is 1.46. The Morgan fingerprint density at radius 1 is 1.50 bits per heavy atom. The third-order valence-electron chi connectivity index (χ3n) is 4.80. The van der Waals surface area contributed by atoms with E-state index >= 15 is 0 Å². The van der Waals surface area contributed by atoms with Gasteiger partial charge in [-0.05, 0) is 19.8 Å². The van der Waals surface area contributed by atoms with Gasteiger partial charge in [-0.1, -0.05) is 0 Å². The number of aliphatic hydroxyl groups excluding tert-OH is 1. The Morgan fingerprint density at radius 3 is 2.88 bits per heavy atom. The summed E-state index contributed by atoms with van der Waals surface area (Å²) in [6, 6.07) is 2.12. The summed E-state index contributed by atoms with van der Waals surface area (Å²) < 4.78 is 0. The summed E-state index contributed by atoms with van der Waals surface area (Å²) in [6.07, 6.45) is 3.63. The van der Waals surface area contributed by atoms with E-state index in [1.165, 1.54) is 11.1 Å². The average molecular weight is 354 g/mol. The summed E-state index contributed by atoms with van der Waals surface area (Å²) >= 11 is 0. The van der Waals surface area contributed by atoms with E-state index in [1.54, 1.807) is 13.1 Å². The third kappa shape index (κ3) is 2.78. The maximum atomic E-state index is 12.5. The number of amides is 2. The van der Waals surface area contributed by atoms with Crippen molar-refractivity contribution in [2.45, 2.75) is 31.9 Å². The van der Waals surface area contributed by atoms with E-state index in [0.717, 1.165) is 18.5 Å². The van der Waals surface area contributed by atoms with E-state index in [1.807, 2.05) is 0 Å². The first kappa shape index (κ1) is 16.5.